The lowest BCUT2D eigenvalue weighted by Crippen LogP contribution is -2.03. The lowest BCUT2D eigenvalue weighted by molar-refractivity contribution is -0.383. The van der Waals surface area contributed by atoms with Crippen molar-refractivity contribution >= 4 is 28.7 Å². The molecule has 0 aliphatic heterocycles. The number of nitro groups is 1. The van der Waals surface area contributed by atoms with Gasteiger partial charge in [0.15, 0.2) is 0 Å². The molecule has 5 nitrogen and oxygen atoms in total. The summed E-state index contributed by atoms with van der Waals surface area (Å²) in [7, 11) is 1.65. The van der Waals surface area contributed by atoms with Crippen LogP contribution in [0, 0.1) is 10.1 Å². The predicted octanol–water partition coefficient (Wildman–Crippen LogP) is 2.29. The van der Waals surface area contributed by atoms with E-state index >= 15 is 0 Å². The minimum absolute atomic E-state index is 0.0528. The second-order valence-corrected chi connectivity index (χ2v) is 3.23. The van der Waals surface area contributed by atoms with Crippen LogP contribution in [-0.4, -0.2) is 24.4 Å². The minimum atomic E-state index is -0.419. The van der Waals surface area contributed by atoms with Crippen LogP contribution >= 0.6 is 11.6 Å². The highest BCUT2D eigenvalue weighted by molar-refractivity contribution is 6.18. The smallest absolute Gasteiger partial charge is 0.294 e. The summed E-state index contributed by atoms with van der Waals surface area (Å²) in [6.45, 7) is 0.581. The first-order valence-electron chi connectivity index (χ1n) is 4.45. The Hall–Kier alpha value is -1.49. The Bertz CT molecular complexity index is 357. The lowest BCUT2D eigenvalue weighted by atomic mass is 10.2. The second kappa shape index (κ2) is 5.41. The highest BCUT2D eigenvalue weighted by atomic mass is 35.5. The average molecular weight is 230 g/mol. The van der Waals surface area contributed by atoms with Crippen molar-refractivity contribution in [1.29, 1.82) is 0 Å². The molecule has 0 atom stereocenters. The van der Waals surface area contributed by atoms with E-state index in [2.05, 4.69) is 10.6 Å². The maximum Gasteiger partial charge on any atom is 0.294 e. The van der Waals surface area contributed by atoms with Crippen molar-refractivity contribution in [1.82, 2.24) is 0 Å². The second-order valence-electron chi connectivity index (χ2n) is 2.85. The molecule has 0 aliphatic rings. The fraction of sp³-hybridized carbons (Fsp3) is 0.333. The molecule has 0 aliphatic carbocycles. The van der Waals surface area contributed by atoms with Gasteiger partial charge in [0.1, 0.15) is 5.69 Å². The third kappa shape index (κ3) is 2.99. The van der Waals surface area contributed by atoms with E-state index in [1.165, 1.54) is 6.07 Å². The van der Waals surface area contributed by atoms with Gasteiger partial charge in [0.25, 0.3) is 5.69 Å². The Labute approximate surface area is 92.6 Å². The van der Waals surface area contributed by atoms with E-state index in [-0.39, 0.29) is 5.69 Å². The molecule has 1 aromatic rings. The molecule has 15 heavy (non-hydrogen) atoms. The average Bonchev–Trinajstić information content (AvgIpc) is 2.25. The summed E-state index contributed by atoms with van der Waals surface area (Å²) in [5.74, 6) is 0.460. The van der Waals surface area contributed by atoms with Gasteiger partial charge in [-0.1, -0.05) is 0 Å². The van der Waals surface area contributed by atoms with Gasteiger partial charge >= 0.3 is 0 Å². The topological polar surface area (TPSA) is 67.2 Å². The number of rotatable bonds is 5. The van der Waals surface area contributed by atoms with Gasteiger partial charge in [0.05, 0.1) is 4.92 Å². The number of alkyl halides is 1. The zero-order valence-corrected chi connectivity index (χ0v) is 9.04. The summed E-state index contributed by atoms with van der Waals surface area (Å²) >= 11 is 5.50. The highest BCUT2D eigenvalue weighted by Gasteiger charge is 2.12. The van der Waals surface area contributed by atoms with E-state index in [1.807, 2.05) is 0 Å². The van der Waals surface area contributed by atoms with Crippen LogP contribution in [0.15, 0.2) is 18.2 Å². The molecule has 0 bridgehead atoms. The Morgan fingerprint density at radius 2 is 2.27 bits per heavy atom. The van der Waals surface area contributed by atoms with Crippen LogP contribution in [0.5, 0.6) is 0 Å². The molecule has 0 saturated heterocycles. The zero-order chi connectivity index (χ0) is 11.3. The first-order valence-corrected chi connectivity index (χ1v) is 4.98. The Kier molecular flexibility index (Phi) is 4.17. The summed E-state index contributed by atoms with van der Waals surface area (Å²) in [5.41, 5.74) is 1.25. The van der Waals surface area contributed by atoms with Crippen LogP contribution in [0.25, 0.3) is 0 Å². The largest absolute Gasteiger partial charge is 0.384 e. The SMILES string of the molecule is CNc1ccc(NCCCl)cc1[N+](=O)[O-]. The van der Waals surface area contributed by atoms with Crippen LogP contribution in [0.1, 0.15) is 0 Å². The fourth-order valence-electron chi connectivity index (χ4n) is 1.20. The third-order valence-electron chi connectivity index (χ3n) is 1.89. The molecule has 0 unspecified atom stereocenters. The number of hydrogen-bond acceptors (Lipinski definition) is 4. The Morgan fingerprint density at radius 1 is 1.53 bits per heavy atom. The number of nitrogens with zero attached hydrogens (tertiary/aromatic N) is 1. The van der Waals surface area contributed by atoms with Gasteiger partial charge in [-0.3, -0.25) is 10.1 Å². The van der Waals surface area contributed by atoms with E-state index in [9.17, 15) is 10.1 Å². The van der Waals surface area contributed by atoms with Crippen LogP contribution < -0.4 is 10.6 Å². The van der Waals surface area contributed by atoms with Crippen LogP contribution in [-0.2, 0) is 0 Å². The summed E-state index contributed by atoms with van der Waals surface area (Å²) in [6, 6.07) is 4.92. The highest BCUT2D eigenvalue weighted by Crippen LogP contribution is 2.27. The molecule has 0 aromatic heterocycles. The number of nitro benzene ring substituents is 1. The first kappa shape index (κ1) is 11.6. The fourth-order valence-corrected chi connectivity index (χ4v) is 1.29. The summed E-state index contributed by atoms with van der Waals surface area (Å²) in [5, 5.41) is 16.5. The molecular weight excluding hydrogens is 218 g/mol. The Balaban J connectivity index is 2.94. The van der Waals surface area contributed by atoms with Crippen molar-refractivity contribution < 1.29 is 4.92 Å². The molecule has 0 radical (unpaired) electrons. The standard InChI is InChI=1S/C9H12ClN3O2/c1-11-8-3-2-7(12-5-4-10)6-9(8)13(14)15/h2-3,6,11-12H,4-5H2,1H3. The van der Waals surface area contributed by atoms with E-state index in [0.717, 1.165) is 0 Å². The number of hydrogen-bond donors (Lipinski definition) is 2. The molecule has 1 aromatic carbocycles. The van der Waals surface area contributed by atoms with Gasteiger partial charge < -0.3 is 10.6 Å². The lowest BCUT2D eigenvalue weighted by Gasteiger charge is -2.06. The van der Waals surface area contributed by atoms with Gasteiger partial charge in [-0.25, -0.2) is 0 Å². The van der Waals surface area contributed by atoms with Gasteiger partial charge in [0.2, 0.25) is 0 Å². The summed E-state index contributed by atoms with van der Waals surface area (Å²) in [6.07, 6.45) is 0. The van der Waals surface area contributed by atoms with Crippen molar-refractivity contribution in [3.05, 3.63) is 28.3 Å². The maximum absolute atomic E-state index is 10.7. The van der Waals surface area contributed by atoms with Crippen LogP contribution in [0.2, 0.25) is 0 Å². The molecule has 0 amide bonds. The first-order chi connectivity index (χ1) is 7.19. The van der Waals surface area contributed by atoms with Gasteiger partial charge in [-0.2, -0.15) is 0 Å². The van der Waals surface area contributed by atoms with Crippen LogP contribution in [0.4, 0.5) is 17.1 Å². The Morgan fingerprint density at radius 3 is 2.80 bits per heavy atom. The van der Waals surface area contributed by atoms with Crippen molar-refractivity contribution in [2.24, 2.45) is 0 Å². The molecule has 82 valence electrons. The summed E-state index contributed by atoms with van der Waals surface area (Å²) in [4.78, 5) is 10.3. The van der Waals surface area contributed by atoms with E-state index in [4.69, 9.17) is 11.6 Å². The van der Waals surface area contributed by atoms with Crippen molar-refractivity contribution in [2.75, 3.05) is 30.1 Å². The molecule has 2 N–H and O–H groups in total. The number of benzene rings is 1. The molecular formula is C9H12ClN3O2. The van der Waals surface area contributed by atoms with Crippen molar-refractivity contribution in [2.45, 2.75) is 0 Å². The third-order valence-corrected chi connectivity index (χ3v) is 2.08. The van der Waals surface area contributed by atoms with Gasteiger partial charge in [-0.05, 0) is 12.1 Å². The van der Waals surface area contributed by atoms with Gasteiger partial charge in [0, 0.05) is 31.2 Å². The summed E-state index contributed by atoms with van der Waals surface area (Å²) < 4.78 is 0. The van der Waals surface area contributed by atoms with Crippen molar-refractivity contribution in [3.8, 4) is 0 Å². The number of nitrogens with one attached hydrogen (secondary N) is 2. The quantitative estimate of drug-likeness (QED) is 0.462. The van der Waals surface area contributed by atoms with Crippen molar-refractivity contribution in [3.63, 3.8) is 0 Å². The molecule has 6 heteroatoms. The van der Waals surface area contributed by atoms with E-state index < -0.39 is 4.92 Å². The molecule has 0 heterocycles. The molecule has 0 spiro atoms. The predicted molar refractivity (Wildman–Crippen MR) is 61.9 cm³/mol. The van der Waals surface area contributed by atoms with E-state index in [1.54, 1.807) is 19.2 Å². The van der Waals surface area contributed by atoms with Crippen LogP contribution in [0.3, 0.4) is 0 Å². The number of anilines is 2. The maximum atomic E-state index is 10.7. The zero-order valence-electron chi connectivity index (χ0n) is 8.29. The normalized spacial score (nSPS) is 9.73. The molecule has 0 fully saturated rings. The minimum Gasteiger partial charge on any atom is -0.384 e. The number of halogens is 1. The molecule has 1 rings (SSSR count). The van der Waals surface area contributed by atoms with E-state index in [0.29, 0.717) is 23.8 Å². The van der Waals surface area contributed by atoms with Gasteiger partial charge in [-0.15, -0.1) is 11.6 Å². The monoisotopic (exact) mass is 229 g/mol. The molecule has 0 saturated carbocycles.